The fraction of sp³-hybridized carbons (Fsp3) is 0.462. The Kier molecular flexibility index (Phi) is 3.67. The lowest BCUT2D eigenvalue weighted by atomic mass is 9.96. The number of ether oxygens (including phenoxy) is 1. The Morgan fingerprint density at radius 3 is 2.75 bits per heavy atom. The number of carbonyl (C=O) groups excluding carboxylic acids is 1. The SMILES string of the molecule is O=C(COC1CCC1)Cc1ccccc1F. The number of benzene rings is 1. The zero-order valence-corrected chi connectivity index (χ0v) is 9.12. The summed E-state index contributed by atoms with van der Waals surface area (Å²) in [6, 6.07) is 6.36. The second-order valence-corrected chi connectivity index (χ2v) is 4.17. The van der Waals surface area contributed by atoms with Crippen molar-refractivity contribution in [3.63, 3.8) is 0 Å². The van der Waals surface area contributed by atoms with E-state index in [9.17, 15) is 9.18 Å². The van der Waals surface area contributed by atoms with Crippen LogP contribution in [0, 0.1) is 5.82 Å². The monoisotopic (exact) mass is 222 g/mol. The van der Waals surface area contributed by atoms with Gasteiger partial charge in [0.2, 0.25) is 0 Å². The van der Waals surface area contributed by atoms with Crippen LogP contribution in [0.15, 0.2) is 24.3 Å². The molecule has 0 heterocycles. The summed E-state index contributed by atoms with van der Waals surface area (Å²) in [4.78, 5) is 11.5. The van der Waals surface area contributed by atoms with Gasteiger partial charge in [0.1, 0.15) is 12.4 Å². The molecule has 0 amide bonds. The normalized spacial score (nSPS) is 15.8. The Morgan fingerprint density at radius 2 is 2.12 bits per heavy atom. The molecular formula is C13H15FO2. The maximum absolute atomic E-state index is 13.2. The van der Waals surface area contributed by atoms with E-state index in [0.717, 1.165) is 12.8 Å². The predicted molar refractivity (Wildman–Crippen MR) is 58.7 cm³/mol. The first-order valence-corrected chi connectivity index (χ1v) is 5.62. The van der Waals surface area contributed by atoms with Crippen molar-refractivity contribution >= 4 is 5.78 Å². The standard InChI is InChI=1S/C13H15FO2/c14-13-7-2-1-4-10(13)8-11(15)9-16-12-5-3-6-12/h1-2,4,7,12H,3,5-6,8-9H2. The third kappa shape index (κ3) is 2.89. The van der Waals surface area contributed by atoms with Crippen LogP contribution in [0.2, 0.25) is 0 Å². The number of Topliss-reactive ketones (excluding diaryl/α,β-unsaturated/α-hetero) is 1. The lowest BCUT2D eigenvalue weighted by Gasteiger charge is -2.25. The number of halogens is 1. The molecule has 1 fully saturated rings. The Labute approximate surface area is 94.4 Å². The van der Waals surface area contributed by atoms with Gasteiger partial charge in [-0.2, -0.15) is 0 Å². The molecule has 0 aromatic heterocycles. The van der Waals surface area contributed by atoms with Crippen molar-refractivity contribution in [1.82, 2.24) is 0 Å². The Morgan fingerprint density at radius 1 is 1.38 bits per heavy atom. The Bertz CT molecular complexity index is 372. The van der Waals surface area contributed by atoms with Gasteiger partial charge in [0.25, 0.3) is 0 Å². The summed E-state index contributed by atoms with van der Waals surface area (Å²) in [6.07, 6.45) is 3.66. The van der Waals surface area contributed by atoms with Gasteiger partial charge in [0.15, 0.2) is 5.78 Å². The molecule has 0 N–H and O–H groups in total. The quantitative estimate of drug-likeness (QED) is 0.765. The molecule has 0 aliphatic heterocycles. The second kappa shape index (κ2) is 5.21. The third-order valence-electron chi connectivity index (χ3n) is 2.88. The molecule has 1 aliphatic carbocycles. The average molecular weight is 222 g/mol. The Balaban J connectivity index is 1.80. The minimum atomic E-state index is -0.320. The van der Waals surface area contributed by atoms with Crippen LogP contribution in [0.1, 0.15) is 24.8 Å². The molecule has 0 bridgehead atoms. The van der Waals surface area contributed by atoms with Gasteiger partial charge >= 0.3 is 0 Å². The molecule has 2 rings (SSSR count). The van der Waals surface area contributed by atoms with Crippen molar-refractivity contribution in [2.24, 2.45) is 0 Å². The highest BCUT2D eigenvalue weighted by Crippen LogP contribution is 2.21. The molecule has 1 saturated carbocycles. The summed E-state index contributed by atoms with van der Waals surface area (Å²) >= 11 is 0. The van der Waals surface area contributed by atoms with Crippen LogP contribution < -0.4 is 0 Å². The van der Waals surface area contributed by atoms with Crippen molar-refractivity contribution in [1.29, 1.82) is 0 Å². The van der Waals surface area contributed by atoms with Gasteiger partial charge < -0.3 is 4.74 Å². The van der Waals surface area contributed by atoms with Crippen molar-refractivity contribution in [3.8, 4) is 0 Å². The topological polar surface area (TPSA) is 26.3 Å². The summed E-state index contributed by atoms with van der Waals surface area (Å²) in [5.74, 6) is -0.378. The summed E-state index contributed by atoms with van der Waals surface area (Å²) < 4.78 is 18.6. The predicted octanol–water partition coefficient (Wildman–Crippen LogP) is 2.51. The molecule has 1 aromatic carbocycles. The molecule has 3 heteroatoms. The van der Waals surface area contributed by atoms with Crippen LogP contribution in [-0.4, -0.2) is 18.5 Å². The Hall–Kier alpha value is -1.22. The van der Waals surface area contributed by atoms with E-state index in [4.69, 9.17) is 4.74 Å². The smallest absolute Gasteiger partial charge is 0.162 e. The van der Waals surface area contributed by atoms with E-state index in [2.05, 4.69) is 0 Å². The summed E-state index contributed by atoms with van der Waals surface area (Å²) in [5.41, 5.74) is 0.449. The van der Waals surface area contributed by atoms with Crippen molar-refractivity contribution in [2.45, 2.75) is 31.8 Å². The van der Waals surface area contributed by atoms with E-state index in [1.54, 1.807) is 18.2 Å². The van der Waals surface area contributed by atoms with Gasteiger partial charge in [-0.05, 0) is 30.9 Å². The van der Waals surface area contributed by atoms with E-state index in [-0.39, 0.29) is 30.7 Å². The molecule has 0 atom stereocenters. The molecule has 16 heavy (non-hydrogen) atoms. The van der Waals surface area contributed by atoms with Crippen LogP contribution in [0.3, 0.4) is 0 Å². The third-order valence-corrected chi connectivity index (χ3v) is 2.88. The molecule has 0 radical (unpaired) electrons. The number of carbonyl (C=O) groups is 1. The molecule has 1 aromatic rings. The minimum Gasteiger partial charge on any atom is -0.370 e. The first-order chi connectivity index (χ1) is 7.75. The minimum absolute atomic E-state index is 0.0583. The van der Waals surface area contributed by atoms with Crippen LogP contribution in [-0.2, 0) is 16.0 Å². The van der Waals surface area contributed by atoms with E-state index in [1.165, 1.54) is 12.5 Å². The number of rotatable bonds is 5. The maximum Gasteiger partial charge on any atom is 0.162 e. The zero-order valence-electron chi connectivity index (χ0n) is 9.12. The van der Waals surface area contributed by atoms with E-state index in [1.807, 2.05) is 0 Å². The van der Waals surface area contributed by atoms with Gasteiger partial charge in [0, 0.05) is 6.42 Å². The van der Waals surface area contributed by atoms with Crippen LogP contribution in [0.5, 0.6) is 0 Å². The van der Waals surface area contributed by atoms with Crippen LogP contribution >= 0.6 is 0 Å². The fourth-order valence-electron chi connectivity index (χ4n) is 1.65. The van der Waals surface area contributed by atoms with Gasteiger partial charge in [-0.15, -0.1) is 0 Å². The van der Waals surface area contributed by atoms with Gasteiger partial charge in [-0.3, -0.25) is 4.79 Å². The highest BCUT2D eigenvalue weighted by molar-refractivity contribution is 5.82. The zero-order chi connectivity index (χ0) is 11.4. The van der Waals surface area contributed by atoms with Crippen LogP contribution in [0.4, 0.5) is 4.39 Å². The van der Waals surface area contributed by atoms with Crippen molar-refractivity contribution in [3.05, 3.63) is 35.6 Å². The van der Waals surface area contributed by atoms with E-state index < -0.39 is 0 Å². The highest BCUT2D eigenvalue weighted by Gasteiger charge is 2.19. The molecular weight excluding hydrogens is 207 g/mol. The molecule has 0 spiro atoms. The molecule has 1 aliphatic rings. The number of hydrogen-bond donors (Lipinski definition) is 0. The first kappa shape index (κ1) is 11.3. The largest absolute Gasteiger partial charge is 0.370 e. The number of hydrogen-bond acceptors (Lipinski definition) is 2. The molecule has 0 saturated heterocycles. The van der Waals surface area contributed by atoms with Gasteiger partial charge in [-0.1, -0.05) is 18.2 Å². The van der Waals surface area contributed by atoms with Crippen molar-refractivity contribution in [2.75, 3.05) is 6.61 Å². The fourth-order valence-corrected chi connectivity index (χ4v) is 1.65. The summed E-state index contributed by atoms with van der Waals surface area (Å²) in [5, 5.41) is 0. The van der Waals surface area contributed by atoms with E-state index >= 15 is 0 Å². The lowest BCUT2D eigenvalue weighted by molar-refractivity contribution is -0.126. The van der Waals surface area contributed by atoms with Crippen molar-refractivity contribution < 1.29 is 13.9 Å². The van der Waals surface area contributed by atoms with Gasteiger partial charge in [-0.25, -0.2) is 4.39 Å². The van der Waals surface area contributed by atoms with Gasteiger partial charge in [0.05, 0.1) is 6.10 Å². The highest BCUT2D eigenvalue weighted by atomic mass is 19.1. The van der Waals surface area contributed by atoms with E-state index in [0.29, 0.717) is 5.56 Å². The second-order valence-electron chi connectivity index (χ2n) is 4.17. The average Bonchev–Trinajstić information content (AvgIpc) is 2.19. The molecule has 0 unspecified atom stereocenters. The molecule has 2 nitrogen and oxygen atoms in total. The van der Waals surface area contributed by atoms with Crippen LogP contribution in [0.25, 0.3) is 0 Å². The summed E-state index contributed by atoms with van der Waals surface area (Å²) in [6.45, 7) is 0.110. The maximum atomic E-state index is 13.2. The number of ketones is 1. The lowest BCUT2D eigenvalue weighted by Crippen LogP contribution is -2.25. The first-order valence-electron chi connectivity index (χ1n) is 5.62. The molecule has 86 valence electrons. The summed E-state index contributed by atoms with van der Waals surface area (Å²) in [7, 11) is 0.